The maximum atomic E-state index is 12.6. The second-order valence-electron chi connectivity index (χ2n) is 7.76. The van der Waals surface area contributed by atoms with E-state index in [1.165, 1.54) is 5.01 Å². The van der Waals surface area contributed by atoms with Crippen LogP contribution >= 0.6 is 0 Å². The zero-order valence-electron chi connectivity index (χ0n) is 17.8. The Kier molecular flexibility index (Phi) is 10.3. The van der Waals surface area contributed by atoms with Crippen LogP contribution in [0.15, 0.2) is 12.2 Å². The van der Waals surface area contributed by atoms with Gasteiger partial charge in [-0.1, -0.05) is 12.2 Å². The SMILES string of the molecule is CC1NC(=O)CNC(=O)CCCC/C=C\CCCCOC(=O)C2CCCN(N2)C1=O. The Morgan fingerprint density at radius 1 is 0.967 bits per heavy atom. The van der Waals surface area contributed by atoms with Gasteiger partial charge in [0.25, 0.3) is 5.91 Å². The summed E-state index contributed by atoms with van der Waals surface area (Å²) >= 11 is 0. The average molecular weight is 423 g/mol. The molecule has 3 N–H and O–H groups in total. The van der Waals surface area contributed by atoms with E-state index in [0.29, 0.717) is 32.4 Å². The van der Waals surface area contributed by atoms with Crippen molar-refractivity contribution in [2.75, 3.05) is 19.7 Å². The van der Waals surface area contributed by atoms with Gasteiger partial charge in [-0.25, -0.2) is 5.43 Å². The molecule has 0 aromatic rings. The molecule has 2 aliphatic heterocycles. The first-order chi connectivity index (χ1) is 14.5. The third-order valence-corrected chi connectivity index (χ3v) is 5.13. The molecule has 0 aliphatic carbocycles. The number of hydrogen-bond acceptors (Lipinski definition) is 6. The smallest absolute Gasteiger partial charge is 0.324 e. The van der Waals surface area contributed by atoms with Gasteiger partial charge in [-0.05, 0) is 58.3 Å². The van der Waals surface area contributed by atoms with E-state index in [9.17, 15) is 19.2 Å². The molecule has 0 spiro atoms. The van der Waals surface area contributed by atoms with Crippen LogP contribution in [0, 0.1) is 0 Å². The van der Waals surface area contributed by atoms with Gasteiger partial charge < -0.3 is 15.4 Å². The van der Waals surface area contributed by atoms with Crippen molar-refractivity contribution in [1.82, 2.24) is 21.1 Å². The van der Waals surface area contributed by atoms with Gasteiger partial charge in [-0.15, -0.1) is 0 Å². The first-order valence-corrected chi connectivity index (χ1v) is 10.9. The van der Waals surface area contributed by atoms with Crippen LogP contribution < -0.4 is 16.1 Å². The molecule has 2 atom stereocenters. The number of fused-ring (bicyclic) bond motifs is 2. The second-order valence-corrected chi connectivity index (χ2v) is 7.76. The maximum absolute atomic E-state index is 12.6. The number of hydrogen-bond donors (Lipinski definition) is 3. The Morgan fingerprint density at radius 3 is 2.47 bits per heavy atom. The van der Waals surface area contributed by atoms with Gasteiger partial charge >= 0.3 is 5.97 Å². The summed E-state index contributed by atoms with van der Waals surface area (Å²) in [7, 11) is 0. The quantitative estimate of drug-likeness (QED) is 0.395. The molecule has 2 aliphatic rings. The Bertz CT molecular complexity index is 637. The highest BCUT2D eigenvalue weighted by molar-refractivity contribution is 5.90. The Hall–Kier alpha value is -2.42. The van der Waals surface area contributed by atoms with Crippen molar-refractivity contribution < 1.29 is 23.9 Å². The van der Waals surface area contributed by atoms with Gasteiger partial charge in [0.15, 0.2) is 0 Å². The van der Waals surface area contributed by atoms with E-state index in [-0.39, 0.29) is 24.3 Å². The molecule has 3 amide bonds. The third-order valence-electron chi connectivity index (χ3n) is 5.13. The number of cyclic esters (lactones) is 1. The van der Waals surface area contributed by atoms with Gasteiger partial charge in [0.1, 0.15) is 12.1 Å². The van der Waals surface area contributed by atoms with Gasteiger partial charge in [0.2, 0.25) is 11.8 Å². The summed E-state index contributed by atoms with van der Waals surface area (Å²) in [5, 5.41) is 6.55. The van der Waals surface area contributed by atoms with E-state index in [4.69, 9.17) is 4.74 Å². The average Bonchev–Trinajstić information content (AvgIpc) is 2.74. The van der Waals surface area contributed by atoms with Crippen LogP contribution in [-0.4, -0.2) is 60.5 Å². The van der Waals surface area contributed by atoms with E-state index in [1.54, 1.807) is 6.92 Å². The summed E-state index contributed by atoms with van der Waals surface area (Å²) in [6, 6.07) is -1.34. The van der Waals surface area contributed by atoms with E-state index in [0.717, 1.165) is 38.5 Å². The molecule has 0 radical (unpaired) electrons. The molecule has 1 fully saturated rings. The lowest BCUT2D eigenvalue weighted by molar-refractivity contribution is -0.153. The van der Waals surface area contributed by atoms with E-state index in [1.807, 2.05) is 0 Å². The lowest BCUT2D eigenvalue weighted by Gasteiger charge is -2.34. The van der Waals surface area contributed by atoms with Gasteiger partial charge in [0.05, 0.1) is 13.2 Å². The largest absolute Gasteiger partial charge is 0.464 e. The Morgan fingerprint density at radius 2 is 1.70 bits per heavy atom. The number of allylic oxidation sites excluding steroid dienone is 2. The fourth-order valence-electron chi connectivity index (χ4n) is 3.39. The van der Waals surface area contributed by atoms with E-state index >= 15 is 0 Å². The van der Waals surface area contributed by atoms with Crippen molar-refractivity contribution >= 4 is 23.7 Å². The number of carbonyl (C=O) groups excluding carboxylic acids is 4. The zero-order chi connectivity index (χ0) is 21.8. The minimum Gasteiger partial charge on any atom is -0.464 e. The van der Waals surface area contributed by atoms with Crippen LogP contribution in [0.5, 0.6) is 0 Å². The number of ether oxygens (including phenoxy) is 1. The number of rotatable bonds is 0. The molecule has 2 heterocycles. The van der Waals surface area contributed by atoms with Gasteiger partial charge in [-0.3, -0.25) is 24.2 Å². The normalized spacial score (nSPS) is 27.7. The standard InChI is InChI=1S/C21H34N4O5/c1-16-20(28)25-13-10-11-17(24-25)21(29)30-14-9-7-5-3-2-4-6-8-12-18(26)22-15-19(27)23-16/h2-3,16-17,24H,4-15H2,1H3,(H,22,26)(H,23,27)/b3-2-. The lowest BCUT2D eigenvalue weighted by Crippen LogP contribution is -2.59. The number of hydrazine groups is 1. The highest BCUT2D eigenvalue weighted by Gasteiger charge is 2.31. The molecule has 9 heteroatoms. The molecule has 2 rings (SSSR count). The van der Waals surface area contributed by atoms with Crippen LogP contribution in [0.3, 0.4) is 0 Å². The van der Waals surface area contributed by atoms with Crippen molar-refractivity contribution in [3.8, 4) is 0 Å². The molecule has 30 heavy (non-hydrogen) atoms. The van der Waals surface area contributed by atoms with Crippen LogP contribution in [0.1, 0.15) is 64.7 Å². The molecule has 168 valence electrons. The van der Waals surface area contributed by atoms with Gasteiger partial charge in [0, 0.05) is 13.0 Å². The maximum Gasteiger partial charge on any atom is 0.324 e. The summed E-state index contributed by atoms with van der Waals surface area (Å²) in [6.07, 6.45) is 11.1. The van der Waals surface area contributed by atoms with Crippen molar-refractivity contribution in [3.63, 3.8) is 0 Å². The van der Waals surface area contributed by atoms with Crippen molar-refractivity contribution in [2.45, 2.75) is 76.8 Å². The van der Waals surface area contributed by atoms with Crippen molar-refractivity contribution in [1.29, 1.82) is 0 Å². The molecule has 0 saturated carbocycles. The summed E-state index contributed by atoms with van der Waals surface area (Å²) in [5.74, 6) is -1.29. The Balaban J connectivity index is 1.93. The summed E-state index contributed by atoms with van der Waals surface area (Å²) in [6.45, 7) is 2.22. The van der Waals surface area contributed by atoms with Crippen molar-refractivity contribution in [2.24, 2.45) is 0 Å². The molecular weight excluding hydrogens is 388 g/mol. The minimum atomic E-state index is -0.777. The van der Waals surface area contributed by atoms with Crippen LogP contribution in [0.4, 0.5) is 0 Å². The minimum absolute atomic E-state index is 0.168. The predicted octanol–water partition coefficient (Wildman–Crippen LogP) is 0.947. The molecule has 1 saturated heterocycles. The number of amides is 3. The zero-order valence-corrected chi connectivity index (χ0v) is 17.8. The van der Waals surface area contributed by atoms with Crippen LogP contribution in [0.2, 0.25) is 0 Å². The predicted molar refractivity (Wildman–Crippen MR) is 111 cm³/mol. The first kappa shape index (κ1) is 23.9. The van der Waals surface area contributed by atoms with E-state index < -0.39 is 18.0 Å². The summed E-state index contributed by atoms with van der Waals surface area (Å²) in [5.41, 5.74) is 2.92. The highest BCUT2D eigenvalue weighted by atomic mass is 16.5. The number of nitrogens with one attached hydrogen (secondary N) is 3. The van der Waals surface area contributed by atoms with Crippen molar-refractivity contribution in [3.05, 3.63) is 12.2 Å². The molecule has 0 aromatic carbocycles. The van der Waals surface area contributed by atoms with Crippen LogP contribution in [-0.2, 0) is 23.9 Å². The number of carbonyl (C=O) groups is 4. The lowest BCUT2D eigenvalue weighted by atomic mass is 10.1. The van der Waals surface area contributed by atoms with Gasteiger partial charge in [-0.2, -0.15) is 0 Å². The fraction of sp³-hybridized carbons (Fsp3) is 0.714. The third kappa shape index (κ3) is 8.52. The van der Waals surface area contributed by atoms with Crippen LogP contribution in [0.25, 0.3) is 0 Å². The first-order valence-electron chi connectivity index (χ1n) is 10.9. The number of nitrogens with zero attached hydrogens (tertiary/aromatic N) is 1. The second kappa shape index (κ2) is 13.0. The number of esters is 1. The molecule has 9 nitrogen and oxygen atoms in total. The topological polar surface area (TPSA) is 117 Å². The summed E-state index contributed by atoms with van der Waals surface area (Å²) in [4.78, 5) is 48.8. The molecular formula is C21H34N4O5. The fourth-order valence-corrected chi connectivity index (χ4v) is 3.39. The highest BCUT2D eigenvalue weighted by Crippen LogP contribution is 2.11. The molecule has 0 aromatic heterocycles. The molecule has 2 bridgehead atoms. The van der Waals surface area contributed by atoms with E-state index in [2.05, 4.69) is 28.2 Å². The monoisotopic (exact) mass is 422 g/mol. The molecule has 2 unspecified atom stereocenters. The Labute approximate surface area is 177 Å². The summed E-state index contributed by atoms with van der Waals surface area (Å²) < 4.78 is 5.36.